The van der Waals surface area contributed by atoms with Crippen molar-refractivity contribution in [1.82, 2.24) is 14.9 Å². The van der Waals surface area contributed by atoms with Crippen LogP contribution in [-0.4, -0.2) is 27.4 Å². The SMILES string of the molecule is CCOC(=O)C1(c2nnc(N)n2N)CCCCC1. The topological polar surface area (TPSA) is 109 Å². The van der Waals surface area contributed by atoms with Crippen molar-refractivity contribution >= 4 is 11.9 Å². The van der Waals surface area contributed by atoms with Gasteiger partial charge in [0.05, 0.1) is 6.61 Å². The summed E-state index contributed by atoms with van der Waals surface area (Å²) in [6.45, 7) is 2.13. The Kier molecular flexibility index (Phi) is 3.40. The first kappa shape index (κ1) is 12.7. The molecule has 7 nitrogen and oxygen atoms in total. The summed E-state index contributed by atoms with van der Waals surface area (Å²) in [4.78, 5) is 12.3. The second kappa shape index (κ2) is 4.83. The van der Waals surface area contributed by atoms with E-state index in [-0.39, 0.29) is 11.9 Å². The third-order valence-corrected chi connectivity index (χ3v) is 3.52. The number of rotatable bonds is 3. The fourth-order valence-corrected chi connectivity index (χ4v) is 2.57. The van der Waals surface area contributed by atoms with Gasteiger partial charge >= 0.3 is 5.97 Å². The molecule has 1 heterocycles. The van der Waals surface area contributed by atoms with E-state index in [9.17, 15) is 4.79 Å². The van der Waals surface area contributed by atoms with Gasteiger partial charge in [-0.1, -0.05) is 19.3 Å². The van der Waals surface area contributed by atoms with Crippen molar-refractivity contribution in [3.8, 4) is 0 Å². The van der Waals surface area contributed by atoms with Gasteiger partial charge in [-0.15, -0.1) is 10.2 Å². The van der Waals surface area contributed by atoms with Crippen LogP contribution < -0.4 is 11.6 Å². The van der Waals surface area contributed by atoms with E-state index in [2.05, 4.69) is 10.2 Å². The first-order valence-electron chi connectivity index (χ1n) is 6.25. The molecule has 1 aliphatic rings. The number of carbonyl (C=O) groups excluding carboxylic acids is 1. The number of aromatic nitrogens is 3. The zero-order valence-corrected chi connectivity index (χ0v) is 10.6. The van der Waals surface area contributed by atoms with E-state index in [0.717, 1.165) is 19.3 Å². The Morgan fingerprint density at radius 2 is 2.06 bits per heavy atom. The highest BCUT2D eigenvalue weighted by Gasteiger charge is 2.46. The van der Waals surface area contributed by atoms with Gasteiger partial charge < -0.3 is 16.3 Å². The lowest BCUT2D eigenvalue weighted by Crippen LogP contribution is -2.43. The molecule has 0 atom stereocenters. The van der Waals surface area contributed by atoms with Crippen LogP contribution in [0.4, 0.5) is 5.95 Å². The second-order valence-electron chi connectivity index (χ2n) is 4.62. The van der Waals surface area contributed by atoms with E-state index in [4.69, 9.17) is 16.3 Å². The average Bonchev–Trinajstić information content (AvgIpc) is 2.71. The van der Waals surface area contributed by atoms with Crippen LogP contribution in [0.25, 0.3) is 0 Å². The Labute approximate surface area is 105 Å². The fourth-order valence-electron chi connectivity index (χ4n) is 2.57. The molecule has 4 N–H and O–H groups in total. The third kappa shape index (κ3) is 1.89. The normalized spacial score (nSPS) is 18.5. The summed E-state index contributed by atoms with van der Waals surface area (Å²) in [5, 5.41) is 7.71. The van der Waals surface area contributed by atoms with Crippen LogP contribution in [0.1, 0.15) is 44.9 Å². The molecule has 1 fully saturated rings. The molecule has 1 aromatic heterocycles. The number of hydrogen-bond acceptors (Lipinski definition) is 6. The lowest BCUT2D eigenvalue weighted by molar-refractivity contribution is -0.152. The molecule has 100 valence electrons. The summed E-state index contributed by atoms with van der Waals surface area (Å²) in [6.07, 6.45) is 4.37. The minimum absolute atomic E-state index is 0.110. The maximum atomic E-state index is 12.3. The van der Waals surface area contributed by atoms with Gasteiger partial charge in [-0.2, -0.15) is 0 Å². The van der Waals surface area contributed by atoms with E-state index in [1.165, 1.54) is 4.68 Å². The molecule has 1 aliphatic carbocycles. The Bertz CT molecular complexity index is 437. The number of ether oxygens (including phenoxy) is 1. The van der Waals surface area contributed by atoms with Crippen molar-refractivity contribution in [2.24, 2.45) is 0 Å². The molecule has 0 unspecified atom stereocenters. The molecule has 1 saturated carbocycles. The van der Waals surface area contributed by atoms with Crippen molar-refractivity contribution in [3.63, 3.8) is 0 Å². The first-order chi connectivity index (χ1) is 8.62. The largest absolute Gasteiger partial charge is 0.465 e. The van der Waals surface area contributed by atoms with Crippen LogP contribution in [0.2, 0.25) is 0 Å². The van der Waals surface area contributed by atoms with Crippen molar-refractivity contribution < 1.29 is 9.53 Å². The van der Waals surface area contributed by atoms with E-state index >= 15 is 0 Å². The zero-order valence-electron chi connectivity index (χ0n) is 10.6. The molecule has 0 bridgehead atoms. The Balaban J connectivity index is 2.41. The molecular weight excluding hydrogens is 234 g/mol. The van der Waals surface area contributed by atoms with Crippen molar-refractivity contribution in [2.45, 2.75) is 44.4 Å². The fraction of sp³-hybridized carbons (Fsp3) is 0.727. The molecule has 0 spiro atoms. The number of nitrogens with two attached hydrogens (primary N) is 2. The van der Waals surface area contributed by atoms with E-state index in [1.807, 2.05) is 0 Å². The first-order valence-corrected chi connectivity index (χ1v) is 6.25. The summed E-state index contributed by atoms with van der Waals surface area (Å²) in [7, 11) is 0. The van der Waals surface area contributed by atoms with E-state index in [0.29, 0.717) is 25.3 Å². The van der Waals surface area contributed by atoms with Gasteiger partial charge in [0.25, 0.3) is 0 Å². The Hall–Kier alpha value is -1.79. The maximum absolute atomic E-state index is 12.3. The highest BCUT2D eigenvalue weighted by molar-refractivity contribution is 5.82. The highest BCUT2D eigenvalue weighted by Crippen LogP contribution is 2.39. The number of anilines is 1. The van der Waals surface area contributed by atoms with Gasteiger partial charge in [0.1, 0.15) is 5.41 Å². The third-order valence-electron chi connectivity index (χ3n) is 3.52. The summed E-state index contributed by atoms with van der Waals surface area (Å²) < 4.78 is 6.38. The molecule has 18 heavy (non-hydrogen) atoms. The Morgan fingerprint density at radius 1 is 1.39 bits per heavy atom. The predicted molar refractivity (Wildman–Crippen MR) is 66.0 cm³/mol. The molecule has 0 aliphatic heterocycles. The monoisotopic (exact) mass is 253 g/mol. The molecule has 7 heteroatoms. The average molecular weight is 253 g/mol. The van der Waals surface area contributed by atoms with Crippen molar-refractivity contribution in [3.05, 3.63) is 5.82 Å². The van der Waals surface area contributed by atoms with E-state index < -0.39 is 5.41 Å². The van der Waals surface area contributed by atoms with Gasteiger partial charge in [-0.25, -0.2) is 4.68 Å². The lowest BCUT2D eigenvalue weighted by Gasteiger charge is -2.33. The zero-order chi connectivity index (χ0) is 13.2. The van der Waals surface area contributed by atoms with Crippen molar-refractivity contribution in [1.29, 1.82) is 0 Å². The molecule has 0 radical (unpaired) electrons. The molecule has 0 amide bonds. The quantitative estimate of drug-likeness (QED) is 0.594. The number of nitrogen functional groups attached to an aromatic ring is 2. The number of carbonyl (C=O) groups is 1. The van der Waals surface area contributed by atoms with Gasteiger partial charge in [0.15, 0.2) is 5.82 Å². The molecule has 0 saturated heterocycles. The highest BCUT2D eigenvalue weighted by atomic mass is 16.5. The summed E-state index contributed by atoms with van der Waals surface area (Å²) >= 11 is 0. The Morgan fingerprint density at radius 3 is 2.56 bits per heavy atom. The van der Waals surface area contributed by atoms with Crippen LogP contribution in [0, 0.1) is 0 Å². The standard InChI is InChI=1S/C11H19N5O2/c1-2-18-9(17)11(6-4-3-5-7-11)8-14-15-10(12)16(8)13/h2-7,13H2,1H3,(H2,12,15). The van der Waals surface area contributed by atoms with Gasteiger partial charge in [-0.05, 0) is 19.8 Å². The second-order valence-corrected chi connectivity index (χ2v) is 4.62. The van der Waals surface area contributed by atoms with Crippen LogP contribution in [0.5, 0.6) is 0 Å². The predicted octanol–water partition coefficient (Wildman–Crippen LogP) is 0.339. The minimum Gasteiger partial charge on any atom is -0.465 e. The number of hydrogen-bond donors (Lipinski definition) is 2. The summed E-state index contributed by atoms with van der Waals surface area (Å²) in [6, 6.07) is 0. The maximum Gasteiger partial charge on any atom is 0.319 e. The summed E-state index contributed by atoms with van der Waals surface area (Å²) in [5.41, 5.74) is 4.81. The van der Waals surface area contributed by atoms with Crippen LogP contribution in [-0.2, 0) is 14.9 Å². The smallest absolute Gasteiger partial charge is 0.319 e. The number of esters is 1. The van der Waals surface area contributed by atoms with Gasteiger partial charge in [-0.3, -0.25) is 4.79 Å². The molecular formula is C11H19N5O2. The van der Waals surface area contributed by atoms with E-state index in [1.54, 1.807) is 6.92 Å². The van der Waals surface area contributed by atoms with Gasteiger partial charge in [0.2, 0.25) is 5.95 Å². The van der Waals surface area contributed by atoms with Crippen LogP contribution >= 0.6 is 0 Å². The lowest BCUT2D eigenvalue weighted by atomic mass is 9.73. The number of nitrogens with zero attached hydrogens (tertiary/aromatic N) is 3. The summed E-state index contributed by atoms with van der Waals surface area (Å²) in [5.74, 6) is 6.06. The van der Waals surface area contributed by atoms with Gasteiger partial charge in [0, 0.05) is 0 Å². The van der Waals surface area contributed by atoms with Crippen LogP contribution in [0.15, 0.2) is 0 Å². The molecule has 2 rings (SSSR count). The molecule has 1 aromatic rings. The van der Waals surface area contributed by atoms with Crippen molar-refractivity contribution in [2.75, 3.05) is 18.2 Å². The minimum atomic E-state index is -0.784. The van der Waals surface area contributed by atoms with Crippen LogP contribution in [0.3, 0.4) is 0 Å². The molecule has 0 aromatic carbocycles.